The molecule has 1 aromatic rings. The first-order valence-electron chi connectivity index (χ1n) is 2.93. The van der Waals surface area contributed by atoms with Gasteiger partial charge in [0.1, 0.15) is 0 Å². The van der Waals surface area contributed by atoms with Crippen molar-refractivity contribution in [1.29, 1.82) is 0 Å². The Balaban J connectivity index is 2.43. The van der Waals surface area contributed by atoms with Gasteiger partial charge in [-0.05, 0) is 17.6 Å². The molecule has 1 aliphatic heterocycles. The SMILES string of the molecule is ON1C=Cc2sncc2C1. The van der Waals surface area contributed by atoms with Crippen LogP contribution in [0.1, 0.15) is 10.4 Å². The molecule has 0 atom stereocenters. The van der Waals surface area contributed by atoms with Crippen molar-refractivity contribution in [2.75, 3.05) is 0 Å². The Hall–Kier alpha value is -0.870. The Morgan fingerprint density at radius 1 is 1.70 bits per heavy atom. The minimum Gasteiger partial charge on any atom is -0.289 e. The van der Waals surface area contributed by atoms with Crippen LogP contribution < -0.4 is 0 Å². The van der Waals surface area contributed by atoms with Crippen LogP contribution in [-0.4, -0.2) is 14.6 Å². The maximum atomic E-state index is 9.00. The molecule has 0 fully saturated rings. The molecule has 0 bridgehead atoms. The molecule has 1 aliphatic rings. The molecule has 1 N–H and O–H groups in total. The van der Waals surface area contributed by atoms with Gasteiger partial charge in [0.15, 0.2) is 0 Å². The quantitative estimate of drug-likeness (QED) is 0.612. The summed E-state index contributed by atoms with van der Waals surface area (Å²) < 4.78 is 3.99. The molecule has 2 heterocycles. The molecule has 0 aromatic carbocycles. The standard InChI is InChI=1S/C6H6N2OS/c9-8-2-1-6-5(4-8)3-7-10-6/h1-3,9H,4H2. The minimum absolute atomic E-state index is 0.558. The van der Waals surface area contributed by atoms with E-state index in [9.17, 15) is 0 Å². The number of hydrogen-bond acceptors (Lipinski definition) is 4. The molecule has 0 aliphatic carbocycles. The maximum Gasteiger partial charge on any atom is 0.0726 e. The highest BCUT2D eigenvalue weighted by Crippen LogP contribution is 2.20. The number of fused-ring (bicyclic) bond motifs is 1. The summed E-state index contributed by atoms with van der Waals surface area (Å²) in [6.45, 7) is 0.558. The molecule has 2 rings (SSSR count). The summed E-state index contributed by atoms with van der Waals surface area (Å²) >= 11 is 1.45. The molecule has 0 unspecified atom stereocenters. The first-order valence-corrected chi connectivity index (χ1v) is 3.71. The van der Waals surface area contributed by atoms with E-state index >= 15 is 0 Å². The molecular formula is C6H6N2OS. The lowest BCUT2D eigenvalue weighted by molar-refractivity contribution is -0.0493. The fraction of sp³-hybridized carbons (Fsp3) is 0.167. The second-order valence-electron chi connectivity index (χ2n) is 2.13. The normalized spacial score (nSPS) is 15.5. The van der Waals surface area contributed by atoms with Crippen molar-refractivity contribution in [2.45, 2.75) is 6.54 Å². The first kappa shape index (κ1) is 5.88. The van der Waals surface area contributed by atoms with Gasteiger partial charge in [0.05, 0.1) is 11.4 Å². The topological polar surface area (TPSA) is 36.4 Å². The second kappa shape index (κ2) is 2.07. The van der Waals surface area contributed by atoms with Crippen molar-refractivity contribution in [3.05, 3.63) is 22.8 Å². The van der Waals surface area contributed by atoms with Gasteiger partial charge in [-0.25, -0.2) is 4.37 Å². The smallest absolute Gasteiger partial charge is 0.0726 e. The zero-order chi connectivity index (χ0) is 6.97. The van der Waals surface area contributed by atoms with Crippen molar-refractivity contribution in [3.8, 4) is 0 Å². The lowest BCUT2D eigenvalue weighted by atomic mass is 10.2. The first-order chi connectivity index (χ1) is 4.86. The molecular weight excluding hydrogens is 148 g/mol. The molecule has 4 heteroatoms. The Morgan fingerprint density at radius 3 is 3.50 bits per heavy atom. The molecule has 0 saturated heterocycles. The van der Waals surface area contributed by atoms with Crippen LogP contribution in [0.2, 0.25) is 0 Å². The van der Waals surface area contributed by atoms with Crippen LogP contribution in [0.4, 0.5) is 0 Å². The zero-order valence-corrected chi connectivity index (χ0v) is 6.01. The summed E-state index contributed by atoms with van der Waals surface area (Å²) in [5.74, 6) is 0. The van der Waals surface area contributed by atoms with E-state index in [0.717, 1.165) is 15.5 Å². The molecule has 3 nitrogen and oxygen atoms in total. The van der Waals surface area contributed by atoms with Gasteiger partial charge in [0.2, 0.25) is 0 Å². The summed E-state index contributed by atoms with van der Waals surface area (Å²) in [7, 11) is 0. The van der Waals surface area contributed by atoms with Crippen molar-refractivity contribution in [3.63, 3.8) is 0 Å². The van der Waals surface area contributed by atoms with Crippen molar-refractivity contribution in [1.82, 2.24) is 9.44 Å². The van der Waals surface area contributed by atoms with Gasteiger partial charge < -0.3 is 0 Å². The predicted molar refractivity (Wildman–Crippen MR) is 38.5 cm³/mol. The van der Waals surface area contributed by atoms with Crippen molar-refractivity contribution in [2.24, 2.45) is 0 Å². The Kier molecular flexibility index (Phi) is 1.22. The van der Waals surface area contributed by atoms with E-state index in [2.05, 4.69) is 4.37 Å². The van der Waals surface area contributed by atoms with Crippen LogP contribution >= 0.6 is 11.5 Å². The van der Waals surface area contributed by atoms with Crippen LogP contribution in [-0.2, 0) is 6.54 Å². The summed E-state index contributed by atoms with van der Waals surface area (Å²) in [5, 5.41) is 10.1. The van der Waals surface area contributed by atoms with E-state index in [1.807, 2.05) is 6.08 Å². The highest BCUT2D eigenvalue weighted by atomic mass is 32.1. The van der Waals surface area contributed by atoms with Crippen molar-refractivity contribution < 1.29 is 5.21 Å². The Morgan fingerprint density at radius 2 is 2.60 bits per heavy atom. The summed E-state index contributed by atoms with van der Waals surface area (Å²) in [6.07, 6.45) is 5.28. The molecule has 0 amide bonds. The van der Waals surface area contributed by atoms with E-state index in [-0.39, 0.29) is 0 Å². The average Bonchev–Trinajstić information content (AvgIpc) is 2.33. The van der Waals surface area contributed by atoms with E-state index in [1.54, 1.807) is 12.4 Å². The third-order valence-electron chi connectivity index (χ3n) is 1.41. The number of hydrogen-bond donors (Lipinski definition) is 1. The lowest BCUT2D eigenvalue weighted by Gasteiger charge is -2.14. The Bertz CT molecular complexity index is 268. The monoisotopic (exact) mass is 154 g/mol. The van der Waals surface area contributed by atoms with Crippen LogP contribution in [0.15, 0.2) is 12.4 Å². The summed E-state index contributed by atoms with van der Waals surface area (Å²) in [5.41, 5.74) is 1.09. The summed E-state index contributed by atoms with van der Waals surface area (Å²) in [4.78, 5) is 1.14. The number of rotatable bonds is 0. The van der Waals surface area contributed by atoms with Gasteiger partial charge >= 0.3 is 0 Å². The van der Waals surface area contributed by atoms with Gasteiger partial charge in [-0.1, -0.05) is 0 Å². The van der Waals surface area contributed by atoms with E-state index < -0.39 is 0 Å². The van der Waals surface area contributed by atoms with Crippen LogP contribution in [0.5, 0.6) is 0 Å². The zero-order valence-electron chi connectivity index (χ0n) is 5.19. The van der Waals surface area contributed by atoms with Gasteiger partial charge in [-0.2, -0.15) is 0 Å². The average molecular weight is 154 g/mol. The summed E-state index contributed by atoms with van der Waals surface area (Å²) in [6, 6.07) is 0. The predicted octanol–water partition coefficient (Wildman–Crippen LogP) is 1.32. The molecule has 0 radical (unpaired) electrons. The van der Waals surface area contributed by atoms with Gasteiger partial charge in [-0.3, -0.25) is 10.3 Å². The number of nitrogens with zero attached hydrogens (tertiary/aromatic N) is 2. The largest absolute Gasteiger partial charge is 0.289 e. The van der Waals surface area contributed by atoms with E-state index in [4.69, 9.17) is 5.21 Å². The third kappa shape index (κ3) is 0.815. The maximum absolute atomic E-state index is 9.00. The Labute approximate surface area is 62.3 Å². The van der Waals surface area contributed by atoms with Crippen LogP contribution in [0.25, 0.3) is 6.08 Å². The third-order valence-corrected chi connectivity index (χ3v) is 2.21. The van der Waals surface area contributed by atoms with Crippen molar-refractivity contribution >= 4 is 17.6 Å². The minimum atomic E-state index is 0.558. The molecule has 10 heavy (non-hydrogen) atoms. The highest BCUT2D eigenvalue weighted by molar-refractivity contribution is 7.06. The second-order valence-corrected chi connectivity index (χ2v) is 2.96. The highest BCUT2D eigenvalue weighted by Gasteiger charge is 2.09. The van der Waals surface area contributed by atoms with E-state index in [1.165, 1.54) is 11.5 Å². The fourth-order valence-corrected chi connectivity index (χ4v) is 1.56. The molecule has 1 aromatic heterocycles. The van der Waals surface area contributed by atoms with Crippen LogP contribution in [0.3, 0.4) is 0 Å². The van der Waals surface area contributed by atoms with E-state index in [0.29, 0.717) is 6.54 Å². The number of aromatic nitrogens is 1. The molecule has 0 saturated carbocycles. The molecule has 52 valence electrons. The number of hydroxylamine groups is 2. The molecule has 0 spiro atoms. The van der Waals surface area contributed by atoms with Gasteiger partial charge in [0.25, 0.3) is 0 Å². The fourth-order valence-electron chi connectivity index (χ4n) is 0.906. The van der Waals surface area contributed by atoms with Gasteiger partial charge in [-0.15, -0.1) is 0 Å². The van der Waals surface area contributed by atoms with Crippen LogP contribution in [0, 0.1) is 0 Å². The van der Waals surface area contributed by atoms with Gasteiger partial charge in [0, 0.05) is 18.0 Å². The lowest BCUT2D eigenvalue weighted by Crippen LogP contribution is -2.13.